The molecule has 0 aliphatic carbocycles. The van der Waals surface area contributed by atoms with Gasteiger partial charge in [-0.05, 0) is 6.08 Å². The smallest absolute Gasteiger partial charge is 0.106 e. The lowest BCUT2D eigenvalue weighted by atomic mass is 10.5. The molecule has 0 aromatic carbocycles. The second kappa shape index (κ2) is 3.13. The van der Waals surface area contributed by atoms with Gasteiger partial charge in [-0.25, -0.2) is 0 Å². The van der Waals surface area contributed by atoms with Crippen LogP contribution in [0, 0.1) is 0 Å². The van der Waals surface area contributed by atoms with Crippen molar-refractivity contribution in [2.45, 2.75) is 0 Å². The predicted molar refractivity (Wildman–Crippen MR) is 32.2 cm³/mol. The number of hydrogen-bond acceptors (Lipinski definition) is 2. The van der Waals surface area contributed by atoms with Crippen LogP contribution < -0.4 is 5.32 Å². The van der Waals surface area contributed by atoms with E-state index in [0.717, 1.165) is 6.54 Å². The number of nitrogens with one attached hydrogen (secondary N) is 1. The minimum absolute atomic E-state index is 0.693. The molecule has 1 aliphatic heterocycles. The minimum atomic E-state index is 0.693. The van der Waals surface area contributed by atoms with E-state index in [2.05, 4.69) is 5.32 Å². The van der Waals surface area contributed by atoms with Gasteiger partial charge in [0.15, 0.2) is 0 Å². The summed E-state index contributed by atoms with van der Waals surface area (Å²) in [7, 11) is 0. The molecule has 2 heteroatoms. The standard InChI is InChI=1S/C6H9NO/c1-2-5-8-6-4-7-3-1/h1-2,4,6-7H,3,5H2/b2-1-,6-4-. The molecule has 1 aliphatic rings. The Balaban J connectivity index is 2.29. The van der Waals surface area contributed by atoms with Gasteiger partial charge in [0.2, 0.25) is 0 Å². The van der Waals surface area contributed by atoms with E-state index in [1.54, 1.807) is 12.5 Å². The van der Waals surface area contributed by atoms with Crippen LogP contribution in [0.5, 0.6) is 0 Å². The number of ether oxygens (including phenoxy) is 1. The molecule has 0 saturated carbocycles. The van der Waals surface area contributed by atoms with Crippen LogP contribution in [0.2, 0.25) is 0 Å². The van der Waals surface area contributed by atoms with Crippen LogP contribution >= 0.6 is 0 Å². The Morgan fingerprint density at radius 1 is 1.38 bits per heavy atom. The monoisotopic (exact) mass is 111 g/mol. The average Bonchev–Trinajstić information content (AvgIpc) is 1.62. The summed E-state index contributed by atoms with van der Waals surface area (Å²) in [5.41, 5.74) is 0. The Kier molecular flexibility index (Phi) is 2.04. The highest BCUT2D eigenvalue weighted by Gasteiger charge is 1.78. The molecule has 0 atom stereocenters. The Bertz CT molecular complexity index is 81.1. The molecular weight excluding hydrogens is 102 g/mol. The van der Waals surface area contributed by atoms with Crippen molar-refractivity contribution in [3.8, 4) is 0 Å². The molecule has 44 valence electrons. The second-order valence-corrected chi connectivity index (χ2v) is 1.52. The van der Waals surface area contributed by atoms with Crippen LogP contribution in [-0.2, 0) is 4.74 Å². The van der Waals surface area contributed by atoms with Gasteiger partial charge in [0.1, 0.15) is 6.61 Å². The summed E-state index contributed by atoms with van der Waals surface area (Å²) in [4.78, 5) is 0. The van der Waals surface area contributed by atoms with E-state index in [0.29, 0.717) is 6.61 Å². The Labute approximate surface area is 48.8 Å². The van der Waals surface area contributed by atoms with E-state index < -0.39 is 0 Å². The van der Waals surface area contributed by atoms with E-state index in [-0.39, 0.29) is 0 Å². The van der Waals surface area contributed by atoms with Crippen molar-refractivity contribution < 1.29 is 4.74 Å². The Morgan fingerprint density at radius 3 is 3.38 bits per heavy atom. The van der Waals surface area contributed by atoms with E-state index in [4.69, 9.17) is 4.74 Å². The molecule has 0 amide bonds. The molecule has 0 saturated heterocycles. The third kappa shape index (κ3) is 1.69. The summed E-state index contributed by atoms with van der Waals surface area (Å²) in [6, 6.07) is 0. The first-order chi connectivity index (χ1) is 4.00. The maximum Gasteiger partial charge on any atom is 0.106 e. The lowest BCUT2D eigenvalue weighted by Crippen LogP contribution is -2.05. The van der Waals surface area contributed by atoms with Crippen LogP contribution in [0.25, 0.3) is 0 Å². The van der Waals surface area contributed by atoms with Gasteiger partial charge in [-0.1, -0.05) is 6.08 Å². The fraction of sp³-hybridized carbons (Fsp3) is 0.333. The quantitative estimate of drug-likeness (QED) is 0.463. The average molecular weight is 111 g/mol. The van der Waals surface area contributed by atoms with E-state index in [1.165, 1.54) is 0 Å². The van der Waals surface area contributed by atoms with Gasteiger partial charge in [-0.2, -0.15) is 0 Å². The molecule has 8 heavy (non-hydrogen) atoms. The summed E-state index contributed by atoms with van der Waals surface area (Å²) >= 11 is 0. The van der Waals surface area contributed by atoms with Gasteiger partial charge in [0.05, 0.1) is 6.26 Å². The van der Waals surface area contributed by atoms with Gasteiger partial charge in [-0.3, -0.25) is 0 Å². The second-order valence-electron chi connectivity index (χ2n) is 1.52. The van der Waals surface area contributed by atoms with Crippen molar-refractivity contribution in [2.75, 3.05) is 13.2 Å². The van der Waals surface area contributed by atoms with Crippen LogP contribution in [0.3, 0.4) is 0 Å². The van der Waals surface area contributed by atoms with Gasteiger partial charge < -0.3 is 10.1 Å². The molecule has 0 radical (unpaired) electrons. The van der Waals surface area contributed by atoms with Crippen LogP contribution in [0.15, 0.2) is 24.6 Å². The third-order valence-corrected chi connectivity index (χ3v) is 0.877. The Morgan fingerprint density at radius 2 is 2.38 bits per heavy atom. The fourth-order valence-corrected chi connectivity index (χ4v) is 0.495. The third-order valence-electron chi connectivity index (χ3n) is 0.877. The maximum absolute atomic E-state index is 4.94. The molecular formula is C6H9NO. The van der Waals surface area contributed by atoms with Crippen molar-refractivity contribution in [3.63, 3.8) is 0 Å². The topological polar surface area (TPSA) is 21.3 Å². The zero-order valence-electron chi connectivity index (χ0n) is 4.63. The fourth-order valence-electron chi connectivity index (χ4n) is 0.495. The summed E-state index contributed by atoms with van der Waals surface area (Å²) in [6.07, 6.45) is 7.47. The summed E-state index contributed by atoms with van der Waals surface area (Å²) < 4.78 is 4.94. The summed E-state index contributed by atoms with van der Waals surface area (Å²) in [5, 5.41) is 2.99. The first-order valence-corrected chi connectivity index (χ1v) is 2.65. The normalized spacial score (nSPS) is 26.0. The highest BCUT2D eigenvalue weighted by molar-refractivity contribution is 4.89. The number of hydrogen-bond donors (Lipinski definition) is 1. The van der Waals surface area contributed by atoms with Crippen LogP contribution in [0.4, 0.5) is 0 Å². The summed E-state index contributed by atoms with van der Waals surface area (Å²) in [5.74, 6) is 0. The molecule has 0 aromatic heterocycles. The molecule has 0 fully saturated rings. The first kappa shape index (κ1) is 5.22. The minimum Gasteiger partial charge on any atom is -0.496 e. The van der Waals surface area contributed by atoms with E-state index >= 15 is 0 Å². The van der Waals surface area contributed by atoms with E-state index in [9.17, 15) is 0 Å². The lowest BCUT2D eigenvalue weighted by molar-refractivity contribution is 0.286. The van der Waals surface area contributed by atoms with Gasteiger partial charge in [0.25, 0.3) is 0 Å². The number of rotatable bonds is 0. The van der Waals surface area contributed by atoms with Crippen LogP contribution in [0.1, 0.15) is 0 Å². The molecule has 0 unspecified atom stereocenters. The largest absolute Gasteiger partial charge is 0.496 e. The summed E-state index contributed by atoms with van der Waals surface area (Å²) in [6.45, 7) is 1.60. The van der Waals surface area contributed by atoms with Crippen LogP contribution in [-0.4, -0.2) is 13.2 Å². The van der Waals surface area contributed by atoms with Crippen molar-refractivity contribution in [1.29, 1.82) is 0 Å². The molecule has 0 spiro atoms. The van der Waals surface area contributed by atoms with Gasteiger partial charge in [0, 0.05) is 12.7 Å². The SMILES string of the molecule is C1=C\CO/C=C\NC/1. The van der Waals surface area contributed by atoms with Gasteiger partial charge >= 0.3 is 0 Å². The molecule has 1 heterocycles. The van der Waals surface area contributed by atoms with Gasteiger partial charge in [-0.15, -0.1) is 0 Å². The zero-order chi connectivity index (χ0) is 5.66. The van der Waals surface area contributed by atoms with Crippen molar-refractivity contribution >= 4 is 0 Å². The van der Waals surface area contributed by atoms with Crippen molar-refractivity contribution in [2.24, 2.45) is 0 Å². The molecule has 1 rings (SSSR count). The highest BCUT2D eigenvalue weighted by atomic mass is 16.5. The zero-order valence-corrected chi connectivity index (χ0v) is 4.63. The Hall–Kier alpha value is -0.920. The van der Waals surface area contributed by atoms with E-state index in [1.807, 2.05) is 12.2 Å². The highest BCUT2D eigenvalue weighted by Crippen LogP contribution is 1.81. The molecule has 0 bridgehead atoms. The lowest BCUT2D eigenvalue weighted by Gasteiger charge is -1.99. The molecule has 0 aromatic rings. The maximum atomic E-state index is 4.94. The van der Waals surface area contributed by atoms with Crippen molar-refractivity contribution in [3.05, 3.63) is 24.6 Å². The molecule has 1 N–H and O–H groups in total. The van der Waals surface area contributed by atoms with Crippen molar-refractivity contribution in [1.82, 2.24) is 5.32 Å². The predicted octanol–water partition coefficient (Wildman–Crippen LogP) is 0.634. The molecule has 2 nitrogen and oxygen atoms in total. The first-order valence-electron chi connectivity index (χ1n) is 2.65.